The van der Waals surface area contributed by atoms with Crippen LogP contribution in [0.5, 0.6) is 0 Å². The predicted octanol–water partition coefficient (Wildman–Crippen LogP) is 2.70. The van der Waals surface area contributed by atoms with Gasteiger partial charge in [0, 0.05) is 6.08 Å². The zero-order chi connectivity index (χ0) is 15.7. The lowest BCUT2D eigenvalue weighted by atomic mass is 10.0. The maximum Gasteiger partial charge on any atom is 0.335 e. The molecule has 0 fully saturated rings. The van der Waals surface area contributed by atoms with Crippen LogP contribution in [-0.4, -0.2) is 21.4 Å². The summed E-state index contributed by atoms with van der Waals surface area (Å²) in [5, 5.41) is 9.02. The number of carbonyl (C=O) groups is 2. The Bertz CT molecular complexity index is 786. The van der Waals surface area contributed by atoms with Crippen LogP contribution in [0.3, 0.4) is 0 Å². The minimum Gasteiger partial charge on any atom is -0.588 e. The number of allylic oxidation sites excluding steroid dienone is 1. The molecule has 5 nitrogen and oxygen atoms in total. The largest absolute Gasteiger partial charge is 0.588 e. The van der Waals surface area contributed by atoms with E-state index in [1.54, 1.807) is 18.2 Å². The summed E-state index contributed by atoms with van der Waals surface area (Å²) in [7, 11) is 0. The molecule has 1 atom stereocenters. The van der Waals surface area contributed by atoms with Gasteiger partial charge in [-0.3, -0.25) is 4.79 Å². The molecule has 2 aromatic carbocycles. The highest BCUT2D eigenvalue weighted by Gasteiger charge is 2.34. The highest BCUT2D eigenvalue weighted by molar-refractivity contribution is 7.97. The summed E-state index contributed by atoms with van der Waals surface area (Å²) in [6, 6.07) is 13.2. The zero-order valence-corrected chi connectivity index (χ0v) is 12.1. The number of carboxylic acid groups (broad SMARTS) is 1. The topological polar surface area (TPSA) is 89.5 Å². The monoisotopic (exact) mass is 313 g/mol. The van der Waals surface area contributed by atoms with E-state index in [-0.39, 0.29) is 16.0 Å². The van der Waals surface area contributed by atoms with E-state index >= 15 is 0 Å². The molecule has 0 aromatic heterocycles. The average molecular weight is 313 g/mol. The number of nitrogens with one attached hydrogen (secondary N) is 1. The van der Waals surface area contributed by atoms with E-state index in [0.717, 1.165) is 5.56 Å². The van der Waals surface area contributed by atoms with Crippen molar-refractivity contribution in [3.63, 3.8) is 0 Å². The molecule has 2 aromatic rings. The van der Waals surface area contributed by atoms with E-state index < -0.39 is 23.1 Å². The molecule has 6 heteroatoms. The number of ketones is 1. The fourth-order valence-corrected chi connectivity index (χ4v) is 3.15. The molecule has 2 N–H and O–H groups in total. The first-order chi connectivity index (χ1) is 10.6. The van der Waals surface area contributed by atoms with Gasteiger partial charge in [-0.15, -0.1) is 0 Å². The fraction of sp³-hybridized carbons (Fsp3) is 0. The summed E-state index contributed by atoms with van der Waals surface area (Å²) in [6.07, 6.45) is 1.54. The predicted molar refractivity (Wildman–Crippen MR) is 83.9 cm³/mol. The third kappa shape index (κ3) is 2.61. The number of hydrogen-bond donors (Lipinski definition) is 2. The number of aromatic carboxylic acids is 1. The van der Waals surface area contributed by atoms with Crippen molar-refractivity contribution in [3.05, 3.63) is 70.1 Å². The minimum absolute atomic E-state index is 0.0145. The van der Waals surface area contributed by atoms with E-state index in [0.29, 0.717) is 5.69 Å². The number of Topliss-reactive ketones (excluding diaryl/α,β-unsaturated/α-hetero) is 1. The van der Waals surface area contributed by atoms with Crippen molar-refractivity contribution in [1.82, 2.24) is 0 Å². The number of benzene rings is 2. The molecule has 110 valence electrons. The van der Waals surface area contributed by atoms with Crippen molar-refractivity contribution in [2.45, 2.75) is 0 Å². The lowest BCUT2D eigenvalue weighted by molar-refractivity contribution is 0.0697. The maximum absolute atomic E-state index is 12.5. The van der Waals surface area contributed by atoms with Gasteiger partial charge < -0.3 is 9.66 Å². The van der Waals surface area contributed by atoms with Crippen LogP contribution in [0.4, 0.5) is 5.69 Å². The van der Waals surface area contributed by atoms with Crippen molar-refractivity contribution in [2.75, 3.05) is 4.72 Å². The van der Waals surface area contributed by atoms with Gasteiger partial charge in [0.2, 0.25) is 10.7 Å². The van der Waals surface area contributed by atoms with E-state index in [1.807, 2.05) is 18.2 Å². The Balaban J connectivity index is 2.06. The summed E-state index contributed by atoms with van der Waals surface area (Å²) in [5.41, 5.74) is 1.35. The minimum atomic E-state index is -1.67. The second-order valence-electron chi connectivity index (χ2n) is 4.68. The molecule has 0 amide bonds. The highest BCUT2D eigenvalue weighted by atomic mass is 32.2. The second-order valence-corrected chi connectivity index (χ2v) is 5.87. The molecule has 0 saturated heterocycles. The summed E-state index contributed by atoms with van der Waals surface area (Å²) >= 11 is -1.67. The van der Waals surface area contributed by atoms with Crippen LogP contribution in [-0.2, 0) is 11.4 Å². The van der Waals surface area contributed by atoms with Gasteiger partial charge >= 0.3 is 5.97 Å². The van der Waals surface area contributed by atoms with Gasteiger partial charge in [0.25, 0.3) is 0 Å². The van der Waals surface area contributed by atoms with Crippen LogP contribution in [0.25, 0.3) is 6.08 Å². The van der Waals surface area contributed by atoms with Crippen molar-refractivity contribution in [1.29, 1.82) is 0 Å². The number of carbonyl (C=O) groups excluding carboxylic acids is 1. The highest BCUT2D eigenvalue weighted by Crippen LogP contribution is 2.31. The first kappa shape index (κ1) is 14.4. The van der Waals surface area contributed by atoms with Crippen LogP contribution in [0.2, 0.25) is 0 Å². The summed E-state index contributed by atoms with van der Waals surface area (Å²) in [6.45, 7) is 0. The van der Waals surface area contributed by atoms with E-state index in [1.165, 1.54) is 18.2 Å². The molecule has 1 unspecified atom stereocenters. The van der Waals surface area contributed by atoms with Gasteiger partial charge in [-0.1, -0.05) is 30.3 Å². The molecule has 1 heterocycles. The van der Waals surface area contributed by atoms with Crippen LogP contribution in [0, 0.1) is 0 Å². The first-order valence-electron chi connectivity index (χ1n) is 6.43. The SMILES string of the molecule is O=C(O)c1ccc2c(c1)C(=O)/C(=C/c1ccccc1)[S+]([O-])N2. The fourth-order valence-electron chi connectivity index (χ4n) is 2.15. The smallest absolute Gasteiger partial charge is 0.335 e. The molecule has 22 heavy (non-hydrogen) atoms. The molecule has 0 radical (unpaired) electrons. The Kier molecular flexibility index (Phi) is 3.70. The van der Waals surface area contributed by atoms with Crippen molar-refractivity contribution < 1.29 is 19.2 Å². The zero-order valence-electron chi connectivity index (χ0n) is 11.3. The molecule has 1 aliphatic rings. The third-order valence-corrected chi connectivity index (χ3v) is 4.34. The van der Waals surface area contributed by atoms with Gasteiger partial charge in [0.15, 0.2) is 0 Å². The van der Waals surface area contributed by atoms with Gasteiger partial charge in [0.05, 0.1) is 16.8 Å². The lowest BCUT2D eigenvalue weighted by Gasteiger charge is -2.21. The van der Waals surface area contributed by atoms with Crippen molar-refractivity contribution in [3.8, 4) is 0 Å². The normalized spacial score (nSPS) is 18.7. The first-order valence-corrected chi connectivity index (χ1v) is 7.58. The van der Waals surface area contributed by atoms with Gasteiger partial charge in [-0.25, -0.2) is 9.52 Å². The Morgan fingerprint density at radius 1 is 1.18 bits per heavy atom. The van der Waals surface area contributed by atoms with Gasteiger partial charge in [-0.2, -0.15) is 0 Å². The number of carboxylic acids is 1. The Hall–Kier alpha value is -2.57. The molecule has 1 aliphatic heterocycles. The number of rotatable bonds is 2. The van der Waals surface area contributed by atoms with E-state index in [2.05, 4.69) is 4.72 Å². The number of hydrogen-bond acceptors (Lipinski definition) is 4. The third-order valence-electron chi connectivity index (χ3n) is 3.23. The average Bonchev–Trinajstić information content (AvgIpc) is 2.52. The van der Waals surface area contributed by atoms with E-state index in [4.69, 9.17) is 5.11 Å². The molecule has 0 aliphatic carbocycles. The molecule has 3 rings (SSSR count). The van der Waals surface area contributed by atoms with Crippen LogP contribution >= 0.6 is 0 Å². The van der Waals surface area contributed by atoms with Crippen LogP contribution in [0.1, 0.15) is 26.3 Å². The van der Waals surface area contributed by atoms with Gasteiger partial charge in [0.1, 0.15) is 11.4 Å². The van der Waals surface area contributed by atoms with E-state index in [9.17, 15) is 14.1 Å². The summed E-state index contributed by atoms with van der Waals surface area (Å²) in [5.74, 6) is -1.55. The lowest BCUT2D eigenvalue weighted by Crippen LogP contribution is -2.27. The molecule has 0 bridgehead atoms. The van der Waals surface area contributed by atoms with Crippen molar-refractivity contribution in [2.24, 2.45) is 0 Å². The van der Waals surface area contributed by atoms with Crippen LogP contribution in [0.15, 0.2) is 53.4 Å². The Morgan fingerprint density at radius 3 is 2.59 bits per heavy atom. The van der Waals surface area contributed by atoms with Crippen molar-refractivity contribution >= 4 is 34.9 Å². The van der Waals surface area contributed by atoms with Gasteiger partial charge in [-0.05, 0) is 23.8 Å². The summed E-state index contributed by atoms with van der Waals surface area (Å²) in [4.78, 5) is 23.6. The standard InChI is InChI=1S/C16H11NO4S/c18-15-12-9-11(16(19)20)6-7-13(12)17-22(21)14(15)8-10-4-2-1-3-5-10/h1-9,17H,(H,19,20)/b14-8-. The molecule has 0 saturated carbocycles. The maximum atomic E-state index is 12.5. The number of fused-ring (bicyclic) bond motifs is 1. The Morgan fingerprint density at radius 2 is 1.91 bits per heavy atom. The molecular weight excluding hydrogens is 302 g/mol. The summed E-state index contributed by atoms with van der Waals surface area (Å²) < 4.78 is 14.9. The molecule has 0 spiro atoms. The Labute approximate surface area is 129 Å². The number of anilines is 1. The second kappa shape index (κ2) is 5.67. The quantitative estimate of drug-likeness (QED) is 0.657. The van der Waals surface area contributed by atoms with Crippen LogP contribution < -0.4 is 4.72 Å². The molecular formula is C16H11NO4S.